The number of fused-ring (bicyclic) bond motifs is 3. The highest BCUT2D eigenvalue weighted by Gasteiger charge is 2.57. The zero-order chi connectivity index (χ0) is 28.1. The second-order valence-corrected chi connectivity index (χ2v) is 12.8. The second kappa shape index (κ2) is 11.8. The Morgan fingerprint density at radius 1 is 1.15 bits per heavy atom. The monoisotopic (exact) mass is 551 g/mol. The van der Waals surface area contributed by atoms with Crippen LogP contribution in [0.15, 0.2) is 22.8 Å². The van der Waals surface area contributed by atoms with Crippen molar-refractivity contribution in [1.82, 2.24) is 0 Å². The van der Waals surface area contributed by atoms with E-state index in [1.165, 1.54) is 5.57 Å². The van der Waals surface area contributed by atoms with E-state index in [2.05, 4.69) is 33.8 Å². The molecule has 0 unspecified atom stereocenters. The molecule has 0 aromatic heterocycles. The topological polar surface area (TPSA) is 133 Å². The fourth-order valence-electron chi connectivity index (χ4n) is 7.87. The van der Waals surface area contributed by atoms with Gasteiger partial charge < -0.3 is 44.7 Å². The van der Waals surface area contributed by atoms with Gasteiger partial charge in [0.2, 0.25) is 0 Å². The molecule has 5 rings (SSSR count). The molecule has 3 aliphatic carbocycles. The molecule has 0 bridgehead atoms. The third-order valence-corrected chi connectivity index (χ3v) is 10.1. The van der Waals surface area contributed by atoms with Crippen LogP contribution in [0.4, 0.5) is 0 Å². The van der Waals surface area contributed by atoms with E-state index >= 15 is 0 Å². The van der Waals surface area contributed by atoms with Crippen molar-refractivity contribution >= 4 is 0 Å². The number of ether oxygens (including phenoxy) is 5. The van der Waals surface area contributed by atoms with Crippen LogP contribution in [0, 0.1) is 35.0 Å². The predicted molar refractivity (Wildman–Crippen MR) is 144 cm³/mol. The lowest BCUT2D eigenvalue weighted by Crippen LogP contribution is -2.49. The number of methoxy groups -OCH3 is 1. The summed E-state index contributed by atoms with van der Waals surface area (Å²) in [4.78, 5) is 0. The molecular weight excluding hydrogens is 502 g/mol. The first-order chi connectivity index (χ1) is 18.6. The van der Waals surface area contributed by atoms with Crippen molar-refractivity contribution in [1.29, 1.82) is 0 Å². The van der Waals surface area contributed by atoms with Crippen molar-refractivity contribution in [2.75, 3.05) is 33.5 Å². The molecule has 12 atom stereocenters. The molecule has 2 aliphatic heterocycles. The minimum Gasteiger partial charge on any atom is -0.392 e. The summed E-state index contributed by atoms with van der Waals surface area (Å²) in [5, 5.41) is 34.9. The van der Waals surface area contributed by atoms with E-state index in [1.54, 1.807) is 7.11 Å². The summed E-state index contributed by atoms with van der Waals surface area (Å²) in [6.45, 7) is 10.3. The van der Waals surface area contributed by atoms with Gasteiger partial charge >= 0.3 is 0 Å². The number of rotatable bonds is 9. The summed E-state index contributed by atoms with van der Waals surface area (Å²) in [5.41, 5.74) is 8.22. The molecule has 0 radical (unpaired) electrons. The molecule has 9 nitrogen and oxygen atoms in total. The van der Waals surface area contributed by atoms with Crippen LogP contribution in [0.1, 0.15) is 53.4 Å². The average Bonchev–Trinajstić information content (AvgIpc) is 3.62. The van der Waals surface area contributed by atoms with Crippen LogP contribution >= 0.6 is 0 Å². The Hall–Kier alpha value is -0.880. The molecule has 0 spiro atoms. The van der Waals surface area contributed by atoms with Gasteiger partial charge in [0.15, 0.2) is 12.6 Å². The Bertz CT molecular complexity index is 938. The van der Waals surface area contributed by atoms with Crippen LogP contribution in [0.25, 0.3) is 0 Å². The quantitative estimate of drug-likeness (QED) is 0.251. The fourth-order valence-corrected chi connectivity index (χ4v) is 7.87. The zero-order valence-electron chi connectivity index (χ0n) is 24.1. The second-order valence-electron chi connectivity index (χ2n) is 12.8. The highest BCUT2D eigenvalue weighted by molar-refractivity contribution is 5.43. The molecule has 222 valence electrons. The molecule has 39 heavy (non-hydrogen) atoms. The van der Waals surface area contributed by atoms with Crippen LogP contribution in [-0.4, -0.2) is 91.9 Å². The Kier molecular flexibility index (Phi) is 8.94. The molecule has 1 saturated carbocycles. The molecular formula is C30H49NO8. The molecule has 5 N–H and O–H groups in total. The van der Waals surface area contributed by atoms with Gasteiger partial charge in [-0.1, -0.05) is 38.0 Å². The lowest BCUT2D eigenvalue weighted by molar-refractivity contribution is -0.225. The van der Waals surface area contributed by atoms with Gasteiger partial charge in [-0.2, -0.15) is 0 Å². The van der Waals surface area contributed by atoms with Gasteiger partial charge in [-0.25, -0.2) is 0 Å². The first-order valence-electron chi connectivity index (χ1n) is 14.9. The number of nitrogens with two attached hydrogens (primary N) is 1. The first-order valence-corrected chi connectivity index (χ1v) is 14.9. The summed E-state index contributed by atoms with van der Waals surface area (Å²) in [6.07, 6.45) is 0.412. The van der Waals surface area contributed by atoms with Crippen LogP contribution in [0.5, 0.6) is 0 Å². The molecule has 3 fully saturated rings. The molecule has 9 heteroatoms. The number of aliphatic hydroxyl groups is 3. The number of aliphatic hydroxyl groups excluding tert-OH is 3. The Labute approximate surface area is 232 Å². The fraction of sp³-hybridized carbons (Fsp3) is 0.867. The third-order valence-electron chi connectivity index (χ3n) is 10.1. The van der Waals surface area contributed by atoms with Crippen molar-refractivity contribution in [3.05, 3.63) is 22.8 Å². The normalized spacial score (nSPS) is 45.8. The van der Waals surface area contributed by atoms with Crippen LogP contribution < -0.4 is 5.73 Å². The molecule has 0 amide bonds. The van der Waals surface area contributed by atoms with Crippen LogP contribution in [-0.2, 0) is 23.7 Å². The maximum Gasteiger partial charge on any atom is 0.185 e. The van der Waals surface area contributed by atoms with Crippen molar-refractivity contribution < 1.29 is 39.0 Å². The zero-order valence-corrected chi connectivity index (χ0v) is 24.1. The van der Waals surface area contributed by atoms with E-state index in [-0.39, 0.29) is 35.7 Å². The minimum atomic E-state index is -0.974. The van der Waals surface area contributed by atoms with E-state index in [0.29, 0.717) is 39.2 Å². The van der Waals surface area contributed by atoms with E-state index in [0.717, 1.165) is 24.0 Å². The Balaban J connectivity index is 1.48. The molecule has 5 aliphatic rings. The average molecular weight is 552 g/mol. The van der Waals surface area contributed by atoms with Crippen LogP contribution in [0.3, 0.4) is 0 Å². The van der Waals surface area contributed by atoms with Gasteiger partial charge in [-0.3, -0.25) is 0 Å². The first kappa shape index (κ1) is 29.6. The Morgan fingerprint density at radius 2 is 1.92 bits per heavy atom. The van der Waals surface area contributed by atoms with Crippen molar-refractivity contribution in [2.45, 2.75) is 96.5 Å². The number of hydrogen-bond donors (Lipinski definition) is 4. The highest BCUT2D eigenvalue weighted by atomic mass is 16.7. The maximum absolute atomic E-state index is 12.0. The van der Waals surface area contributed by atoms with Gasteiger partial charge in [0.25, 0.3) is 0 Å². The molecule has 0 aromatic rings. The highest BCUT2D eigenvalue weighted by Crippen LogP contribution is 2.56. The van der Waals surface area contributed by atoms with Crippen molar-refractivity contribution in [3.63, 3.8) is 0 Å². The summed E-state index contributed by atoms with van der Waals surface area (Å²) in [5.74, 6) is 0.143. The maximum atomic E-state index is 12.0. The number of hydrogen-bond acceptors (Lipinski definition) is 9. The minimum absolute atomic E-state index is 0.0833. The van der Waals surface area contributed by atoms with E-state index in [4.69, 9.17) is 29.4 Å². The lowest BCUT2D eigenvalue weighted by atomic mass is 9.68. The van der Waals surface area contributed by atoms with Gasteiger partial charge in [0, 0.05) is 18.4 Å². The largest absolute Gasteiger partial charge is 0.392 e. The standard InChI is InChI=1S/C30H49NO8/c1-15(2)19-11-22(32)30(4)12-20-17(13-35-5)7-8-18(20)16(3)25(33)27(24(19)30)39-29-26(34)23-21(38-29)14-37-28(23)36-10-6-9-31/h12,15-18,21-23,25-29,32-34H,6-11,13-14,31H2,1-5H3/t16-,17-,18+,21-,22+,23+,25-,26-,27-,28-,29-,30+/m1/s1. The van der Waals surface area contributed by atoms with Gasteiger partial charge in [0.1, 0.15) is 12.2 Å². The van der Waals surface area contributed by atoms with Crippen molar-refractivity contribution in [3.8, 4) is 0 Å². The van der Waals surface area contributed by atoms with E-state index in [1.807, 2.05) is 0 Å². The SMILES string of the molecule is COC[C@H]1CC[C@@H]2C1=C[C@]1(C)C(=C(C(C)C)C[C@@H]1O)[C@@H](O[C@H]1O[C@@H]3CO[C@@H](OCCCN)[C@@H]3[C@H]1O)[C@H](O)[C@@H]2C. The van der Waals surface area contributed by atoms with Gasteiger partial charge in [-0.15, -0.1) is 0 Å². The Morgan fingerprint density at radius 3 is 2.62 bits per heavy atom. The summed E-state index contributed by atoms with van der Waals surface area (Å²) < 4.78 is 30.0. The smallest absolute Gasteiger partial charge is 0.185 e. The summed E-state index contributed by atoms with van der Waals surface area (Å²) in [6, 6.07) is 0. The van der Waals surface area contributed by atoms with Gasteiger partial charge in [-0.05, 0) is 62.5 Å². The lowest BCUT2D eigenvalue weighted by Gasteiger charge is -2.43. The molecule has 2 saturated heterocycles. The molecule has 2 heterocycles. The molecule has 0 aromatic carbocycles. The summed E-state index contributed by atoms with van der Waals surface area (Å²) >= 11 is 0. The summed E-state index contributed by atoms with van der Waals surface area (Å²) in [7, 11) is 1.73. The third kappa shape index (κ3) is 5.17. The van der Waals surface area contributed by atoms with Crippen molar-refractivity contribution in [2.24, 2.45) is 40.7 Å². The van der Waals surface area contributed by atoms with E-state index < -0.39 is 42.4 Å². The predicted octanol–water partition coefficient (Wildman–Crippen LogP) is 2.13. The van der Waals surface area contributed by atoms with Gasteiger partial charge in [0.05, 0.1) is 44.1 Å². The van der Waals surface area contributed by atoms with Crippen LogP contribution in [0.2, 0.25) is 0 Å². The van der Waals surface area contributed by atoms with E-state index in [9.17, 15) is 15.3 Å².